The molecule has 2 N–H and O–H groups in total. The molecule has 0 saturated heterocycles. The number of hydrogen-bond acceptors (Lipinski definition) is 3. The Morgan fingerprint density at radius 1 is 1.53 bits per heavy atom. The lowest BCUT2D eigenvalue weighted by Crippen LogP contribution is -2.46. The van der Waals surface area contributed by atoms with Crippen LogP contribution >= 0.6 is 15.9 Å². The van der Waals surface area contributed by atoms with E-state index in [0.717, 1.165) is 4.47 Å². The van der Waals surface area contributed by atoms with Crippen LogP contribution in [0, 0.1) is 0 Å². The predicted molar refractivity (Wildman–Crippen MR) is 67.2 cm³/mol. The fourth-order valence-electron chi connectivity index (χ4n) is 1.82. The number of carbonyl (C=O) groups excluding carboxylic acids is 1. The number of nitrogens with one attached hydrogen (secondary N) is 1. The van der Waals surface area contributed by atoms with Gasteiger partial charge in [0.05, 0.1) is 18.8 Å². The van der Waals surface area contributed by atoms with Crippen molar-refractivity contribution in [3.05, 3.63) is 28.2 Å². The van der Waals surface area contributed by atoms with Crippen molar-refractivity contribution in [1.82, 2.24) is 5.32 Å². The van der Waals surface area contributed by atoms with Gasteiger partial charge in [0.15, 0.2) is 0 Å². The van der Waals surface area contributed by atoms with Crippen molar-refractivity contribution >= 4 is 21.8 Å². The molecular weight excluding hydrogens is 286 g/mol. The molecule has 4 nitrogen and oxygen atoms in total. The Morgan fingerprint density at radius 2 is 2.24 bits per heavy atom. The van der Waals surface area contributed by atoms with Gasteiger partial charge < -0.3 is 15.2 Å². The van der Waals surface area contributed by atoms with Crippen molar-refractivity contribution in [2.75, 3.05) is 7.11 Å². The van der Waals surface area contributed by atoms with E-state index in [0.29, 0.717) is 24.2 Å². The molecule has 0 heterocycles. The van der Waals surface area contributed by atoms with Crippen LogP contribution in [0.2, 0.25) is 0 Å². The van der Waals surface area contributed by atoms with E-state index in [1.54, 1.807) is 18.2 Å². The summed E-state index contributed by atoms with van der Waals surface area (Å²) in [5.74, 6) is 0.378. The molecule has 0 aromatic heterocycles. The summed E-state index contributed by atoms with van der Waals surface area (Å²) in [7, 11) is 1.53. The third-order valence-electron chi connectivity index (χ3n) is 2.86. The number of methoxy groups -OCH3 is 1. The molecule has 1 aromatic rings. The quantitative estimate of drug-likeness (QED) is 0.893. The molecule has 92 valence electrons. The van der Waals surface area contributed by atoms with Crippen LogP contribution in [0.1, 0.15) is 23.2 Å². The first kappa shape index (κ1) is 12.4. The minimum absolute atomic E-state index is 0.0749. The summed E-state index contributed by atoms with van der Waals surface area (Å²) in [6.07, 6.45) is 0.988. The van der Waals surface area contributed by atoms with Crippen LogP contribution in [0.5, 0.6) is 5.75 Å². The Bertz CT molecular complexity index is 430. The maximum absolute atomic E-state index is 12.0. The summed E-state index contributed by atoms with van der Waals surface area (Å²) in [5.41, 5.74) is 0.511. The van der Waals surface area contributed by atoms with Gasteiger partial charge in [-0.3, -0.25) is 4.79 Å². The first-order valence-corrected chi connectivity index (χ1v) is 6.22. The smallest absolute Gasteiger partial charge is 0.255 e. The molecule has 0 unspecified atom stereocenters. The van der Waals surface area contributed by atoms with E-state index in [9.17, 15) is 4.79 Å². The maximum Gasteiger partial charge on any atom is 0.255 e. The molecular formula is C12H14BrNO3. The SMILES string of the molecule is COc1cc(Br)ccc1C(=O)NC1CC(O)C1. The van der Waals surface area contributed by atoms with Crippen LogP contribution < -0.4 is 10.1 Å². The Labute approximate surface area is 108 Å². The minimum Gasteiger partial charge on any atom is -0.496 e. The van der Waals surface area contributed by atoms with E-state index in [2.05, 4.69) is 21.2 Å². The van der Waals surface area contributed by atoms with Gasteiger partial charge in [0.2, 0.25) is 0 Å². The second-order valence-corrected chi connectivity index (χ2v) is 5.06. The van der Waals surface area contributed by atoms with Crippen LogP contribution in [-0.2, 0) is 0 Å². The zero-order chi connectivity index (χ0) is 12.4. The number of ether oxygens (including phenoxy) is 1. The molecule has 17 heavy (non-hydrogen) atoms. The van der Waals surface area contributed by atoms with Crippen LogP contribution in [0.4, 0.5) is 0 Å². The van der Waals surface area contributed by atoms with E-state index in [1.165, 1.54) is 7.11 Å². The van der Waals surface area contributed by atoms with Crippen molar-refractivity contribution in [3.63, 3.8) is 0 Å². The summed E-state index contributed by atoms with van der Waals surface area (Å²) in [6.45, 7) is 0. The number of benzene rings is 1. The monoisotopic (exact) mass is 299 g/mol. The molecule has 0 radical (unpaired) electrons. The maximum atomic E-state index is 12.0. The van der Waals surface area contributed by atoms with Crippen molar-refractivity contribution < 1.29 is 14.6 Å². The summed E-state index contributed by atoms with van der Waals surface area (Å²) in [5, 5.41) is 12.0. The molecule has 1 aliphatic carbocycles. The Kier molecular flexibility index (Phi) is 3.69. The molecule has 0 spiro atoms. The van der Waals surface area contributed by atoms with Crippen molar-refractivity contribution in [1.29, 1.82) is 0 Å². The molecule has 1 aromatic carbocycles. The van der Waals surface area contributed by atoms with Gasteiger partial charge in [-0.25, -0.2) is 0 Å². The predicted octanol–water partition coefficient (Wildman–Crippen LogP) is 1.71. The largest absolute Gasteiger partial charge is 0.496 e. The van der Waals surface area contributed by atoms with Gasteiger partial charge in [-0.05, 0) is 31.0 Å². The number of rotatable bonds is 3. The number of aliphatic hydroxyl groups is 1. The molecule has 1 amide bonds. The Hall–Kier alpha value is -1.07. The highest BCUT2D eigenvalue weighted by Gasteiger charge is 2.29. The van der Waals surface area contributed by atoms with Crippen molar-refractivity contribution in [2.24, 2.45) is 0 Å². The highest BCUT2D eigenvalue weighted by atomic mass is 79.9. The molecule has 0 atom stereocenters. The number of amides is 1. The highest BCUT2D eigenvalue weighted by Crippen LogP contribution is 2.25. The van der Waals surface area contributed by atoms with Gasteiger partial charge in [0.1, 0.15) is 5.75 Å². The Morgan fingerprint density at radius 3 is 2.82 bits per heavy atom. The molecule has 1 aliphatic rings. The lowest BCUT2D eigenvalue weighted by molar-refractivity contribution is 0.0561. The minimum atomic E-state index is -0.271. The molecule has 5 heteroatoms. The number of hydrogen-bond donors (Lipinski definition) is 2. The van der Waals surface area contributed by atoms with Gasteiger partial charge in [-0.15, -0.1) is 0 Å². The zero-order valence-corrected chi connectivity index (χ0v) is 11.0. The van der Waals surface area contributed by atoms with Gasteiger partial charge >= 0.3 is 0 Å². The van der Waals surface area contributed by atoms with Crippen molar-refractivity contribution in [3.8, 4) is 5.75 Å². The Balaban J connectivity index is 2.08. The third kappa shape index (κ3) is 2.79. The van der Waals surface area contributed by atoms with E-state index in [1.807, 2.05) is 0 Å². The average Bonchev–Trinajstić information content (AvgIpc) is 2.26. The molecule has 2 rings (SSSR count). The van der Waals surface area contributed by atoms with Crippen molar-refractivity contribution in [2.45, 2.75) is 25.0 Å². The van der Waals surface area contributed by atoms with E-state index >= 15 is 0 Å². The molecule has 1 fully saturated rings. The number of carbonyl (C=O) groups is 1. The van der Waals surface area contributed by atoms with E-state index in [-0.39, 0.29) is 18.1 Å². The summed E-state index contributed by atoms with van der Waals surface area (Å²) in [4.78, 5) is 12.0. The third-order valence-corrected chi connectivity index (χ3v) is 3.35. The first-order valence-electron chi connectivity index (χ1n) is 5.42. The summed E-state index contributed by atoms with van der Waals surface area (Å²) in [6, 6.07) is 5.34. The van der Waals surface area contributed by atoms with Crippen LogP contribution in [-0.4, -0.2) is 30.3 Å². The highest BCUT2D eigenvalue weighted by molar-refractivity contribution is 9.10. The normalized spacial score (nSPS) is 22.8. The average molecular weight is 300 g/mol. The zero-order valence-electron chi connectivity index (χ0n) is 9.44. The van der Waals surface area contributed by atoms with E-state index in [4.69, 9.17) is 9.84 Å². The summed E-state index contributed by atoms with van der Waals surface area (Å²) < 4.78 is 6.03. The first-order chi connectivity index (χ1) is 8.10. The van der Waals surface area contributed by atoms with Crippen LogP contribution in [0.15, 0.2) is 22.7 Å². The van der Waals surface area contributed by atoms with Gasteiger partial charge in [0.25, 0.3) is 5.91 Å². The topological polar surface area (TPSA) is 58.6 Å². The number of aliphatic hydroxyl groups excluding tert-OH is 1. The second-order valence-electron chi connectivity index (χ2n) is 4.14. The fraction of sp³-hybridized carbons (Fsp3) is 0.417. The van der Waals surface area contributed by atoms with Crippen LogP contribution in [0.25, 0.3) is 0 Å². The fourth-order valence-corrected chi connectivity index (χ4v) is 2.16. The second kappa shape index (κ2) is 5.06. The number of halogens is 1. The molecule has 1 saturated carbocycles. The molecule has 0 aliphatic heterocycles. The lowest BCUT2D eigenvalue weighted by Gasteiger charge is -2.32. The van der Waals surface area contributed by atoms with Crippen LogP contribution in [0.3, 0.4) is 0 Å². The van der Waals surface area contributed by atoms with Gasteiger partial charge in [-0.2, -0.15) is 0 Å². The van der Waals surface area contributed by atoms with E-state index < -0.39 is 0 Å². The van der Waals surface area contributed by atoms with Gasteiger partial charge in [0, 0.05) is 10.5 Å². The molecule has 0 bridgehead atoms. The van der Waals surface area contributed by atoms with Gasteiger partial charge in [-0.1, -0.05) is 15.9 Å². The standard InChI is InChI=1S/C12H14BrNO3/c1-17-11-4-7(13)2-3-10(11)12(16)14-8-5-9(15)6-8/h2-4,8-9,15H,5-6H2,1H3,(H,14,16). The lowest BCUT2D eigenvalue weighted by atomic mass is 9.89. The summed E-state index contributed by atoms with van der Waals surface area (Å²) >= 11 is 3.33.